The fourth-order valence-electron chi connectivity index (χ4n) is 3.12. The summed E-state index contributed by atoms with van der Waals surface area (Å²) in [5.41, 5.74) is 0.866. The first-order valence-electron chi connectivity index (χ1n) is 7.71. The summed E-state index contributed by atoms with van der Waals surface area (Å²) in [6.45, 7) is 2.14. The second kappa shape index (κ2) is 7.68. The number of hydrogen-bond acceptors (Lipinski definition) is 1. The maximum atomic E-state index is 12.3. The van der Waals surface area contributed by atoms with E-state index in [9.17, 15) is 4.79 Å². The van der Waals surface area contributed by atoms with Crippen LogP contribution >= 0.6 is 11.6 Å². The Bertz CT molecular complexity index is 414. The molecule has 1 fully saturated rings. The van der Waals surface area contributed by atoms with Crippen LogP contribution < -0.4 is 5.32 Å². The molecule has 1 N–H and O–H groups in total. The molecule has 0 aromatic heterocycles. The molecule has 20 heavy (non-hydrogen) atoms. The number of halogens is 1. The quantitative estimate of drug-likeness (QED) is 0.799. The molecular formula is C17H24ClNO. The van der Waals surface area contributed by atoms with E-state index in [0.29, 0.717) is 5.92 Å². The molecule has 1 aromatic carbocycles. The summed E-state index contributed by atoms with van der Waals surface area (Å²) in [6, 6.07) is 9.83. The molecule has 0 heterocycles. The van der Waals surface area contributed by atoms with Crippen LogP contribution in [0.2, 0.25) is 0 Å². The molecule has 3 heteroatoms. The van der Waals surface area contributed by atoms with Crippen LogP contribution in [0.25, 0.3) is 0 Å². The zero-order valence-electron chi connectivity index (χ0n) is 12.1. The van der Waals surface area contributed by atoms with Gasteiger partial charge in [-0.1, -0.05) is 56.5 Å². The highest BCUT2D eigenvalue weighted by Crippen LogP contribution is 2.28. The number of nitrogens with one attached hydrogen (secondary N) is 1. The fourth-order valence-corrected chi connectivity index (χ4v) is 3.33. The molecule has 0 radical (unpaired) electrons. The Morgan fingerprint density at radius 2 is 1.90 bits per heavy atom. The van der Waals surface area contributed by atoms with Gasteiger partial charge in [0.05, 0.1) is 0 Å². The highest BCUT2D eigenvalue weighted by atomic mass is 35.5. The van der Waals surface area contributed by atoms with Gasteiger partial charge in [0.2, 0.25) is 5.91 Å². The molecule has 2 rings (SSSR count). The van der Waals surface area contributed by atoms with Crippen molar-refractivity contribution in [3.8, 4) is 0 Å². The van der Waals surface area contributed by atoms with Gasteiger partial charge in [-0.3, -0.25) is 4.79 Å². The molecule has 1 aliphatic rings. The topological polar surface area (TPSA) is 29.1 Å². The summed E-state index contributed by atoms with van der Waals surface area (Å²) in [7, 11) is 0. The molecule has 1 saturated carbocycles. The monoisotopic (exact) mass is 293 g/mol. The second-order valence-corrected chi connectivity index (χ2v) is 6.13. The smallest absolute Gasteiger partial charge is 0.242 e. The highest BCUT2D eigenvalue weighted by molar-refractivity contribution is 6.30. The largest absolute Gasteiger partial charge is 0.352 e. The van der Waals surface area contributed by atoms with Crippen molar-refractivity contribution in [3.63, 3.8) is 0 Å². The van der Waals surface area contributed by atoms with Crippen LogP contribution in [0.5, 0.6) is 0 Å². The van der Waals surface area contributed by atoms with Gasteiger partial charge in [0.25, 0.3) is 0 Å². The molecule has 0 aliphatic heterocycles. The van der Waals surface area contributed by atoms with E-state index in [1.165, 1.54) is 32.1 Å². The summed E-state index contributed by atoms with van der Waals surface area (Å²) in [5, 5.41) is 2.57. The van der Waals surface area contributed by atoms with Crippen molar-refractivity contribution in [2.24, 2.45) is 5.92 Å². The molecular weight excluding hydrogens is 270 g/mol. The van der Waals surface area contributed by atoms with Crippen LogP contribution in [0.15, 0.2) is 30.3 Å². The van der Waals surface area contributed by atoms with Crippen LogP contribution in [-0.4, -0.2) is 11.9 Å². The van der Waals surface area contributed by atoms with Gasteiger partial charge in [-0.05, 0) is 30.7 Å². The number of carbonyl (C=O) groups is 1. The summed E-state index contributed by atoms with van der Waals surface area (Å²) in [5.74, 6) is 0.563. The van der Waals surface area contributed by atoms with Crippen molar-refractivity contribution in [1.29, 1.82) is 0 Å². The van der Waals surface area contributed by atoms with Crippen LogP contribution in [0.4, 0.5) is 0 Å². The molecule has 1 amide bonds. The van der Waals surface area contributed by atoms with E-state index in [0.717, 1.165) is 12.0 Å². The van der Waals surface area contributed by atoms with Gasteiger partial charge < -0.3 is 5.32 Å². The first-order valence-corrected chi connectivity index (χ1v) is 8.15. The molecule has 0 bridgehead atoms. The average Bonchev–Trinajstić information content (AvgIpc) is 2.53. The van der Waals surface area contributed by atoms with E-state index < -0.39 is 5.38 Å². The van der Waals surface area contributed by atoms with Gasteiger partial charge in [0.15, 0.2) is 0 Å². The van der Waals surface area contributed by atoms with E-state index in [1.807, 2.05) is 30.3 Å². The maximum Gasteiger partial charge on any atom is 0.242 e. The number of hydrogen-bond donors (Lipinski definition) is 1. The maximum absolute atomic E-state index is 12.3. The lowest BCUT2D eigenvalue weighted by Crippen LogP contribution is -2.42. The van der Waals surface area contributed by atoms with Crippen molar-refractivity contribution in [2.75, 3.05) is 0 Å². The van der Waals surface area contributed by atoms with Crippen molar-refractivity contribution < 1.29 is 4.79 Å². The minimum Gasteiger partial charge on any atom is -0.352 e. The zero-order valence-corrected chi connectivity index (χ0v) is 12.9. The van der Waals surface area contributed by atoms with Crippen LogP contribution in [0.1, 0.15) is 56.4 Å². The van der Waals surface area contributed by atoms with Crippen molar-refractivity contribution in [1.82, 2.24) is 5.32 Å². The fraction of sp³-hybridized carbons (Fsp3) is 0.588. The predicted molar refractivity (Wildman–Crippen MR) is 83.8 cm³/mol. The van der Waals surface area contributed by atoms with Crippen LogP contribution in [0.3, 0.4) is 0 Å². The molecule has 1 aliphatic carbocycles. The molecule has 110 valence electrons. The van der Waals surface area contributed by atoms with Crippen LogP contribution in [0, 0.1) is 5.92 Å². The molecule has 2 nitrogen and oxygen atoms in total. The standard InChI is InChI=1S/C17H24ClNO/c1-2-15(13-9-5-3-6-10-13)19-17(20)16(18)14-11-7-4-8-12-14/h4,7-8,11-13,15-16H,2-3,5-6,9-10H2,1H3,(H,19,20). The third-order valence-corrected chi connectivity index (χ3v) is 4.76. The summed E-state index contributed by atoms with van der Waals surface area (Å²) >= 11 is 6.28. The normalized spacial score (nSPS) is 19.3. The Labute approximate surface area is 126 Å². The summed E-state index contributed by atoms with van der Waals surface area (Å²) in [6.07, 6.45) is 7.37. The molecule has 0 saturated heterocycles. The Morgan fingerprint density at radius 1 is 1.25 bits per heavy atom. The molecule has 1 aromatic rings. The second-order valence-electron chi connectivity index (χ2n) is 5.69. The lowest BCUT2D eigenvalue weighted by Gasteiger charge is -2.30. The summed E-state index contributed by atoms with van der Waals surface area (Å²) < 4.78 is 0. The molecule has 2 unspecified atom stereocenters. The Kier molecular flexibility index (Phi) is 5.90. The first-order chi connectivity index (χ1) is 9.72. The SMILES string of the molecule is CCC(NC(=O)C(Cl)c1ccccc1)C1CCCCC1. The minimum atomic E-state index is -0.589. The van der Waals surface area contributed by atoms with Gasteiger partial charge >= 0.3 is 0 Å². The highest BCUT2D eigenvalue weighted by Gasteiger charge is 2.26. The van der Waals surface area contributed by atoms with Crippen molar-refractivity contribution in [2.45, 2.75) is 56.9 Å². The molecule has 2 atom stereocenters. The summed E-state index contributed by atoms with van der Waals surface area (Å²) in [4.78, 5) is 12.3. The van der Waals surface area contributed by atoms with Gasteiger partial charge in [-0.2, -0.15) is 0 Å². The number of alkyl halides is 1. The van der Waals surface area contributed by atoms with Gasteiger partial charge in [-0.15, -0.1) is 11.6 Å². The first kappa shape index (κ1) is 15.4. The van der Waals surface area contributed by atoms with E-state index >= 15 is 0 Å². The number of carbonyl (C=O) groups excluding carboxylic acids is 1. The van der Waals surface area contributed by atoms with E-state index in [2.05, 4.69) is 12.2 Å². The lowest BCUT2D eigenvalue weighted by molar-refractivity contribution is -0.122. The number of amides is 1. The Morgan fingerprint density at radius 3 is 2.50 bits per heavy atom. The van der Waals surface area contributed by atoms with E-state index in [-0.39, 0.29) is 11.9 Å². The average molecular weight is 294 g/mol. The minimum absolute atomic E-state index is 0.0599. The van der Waals surface area contributed by atoms with E-state index in [4.69, 9.17) is 11.6 Å². The predicted octanol–water partition coefficient (Wildman–Crippen LogP) is 4.44. The number of benzene rings is 1. The van der Waals surface area contributed by atoms with Gasteiger partial charge in [0.1, 0.15) is 5.38 Å². The van der Waals surface area contributed by atoms with Gasteiger partial charge in [-0.25, -0.2) is 0 Å². The third-order valence-electron chi connectivity index (χ3n) is 4.31. The van der Waals surface area contributed by atoms with Crippen molar-refractivity contribution in [3.05, 3.63) is 35.9 Å². The zero-order chi connectivity index (χ0) is 14.4. The molecule has 0 spiro atoms. The number of rotatable bonds is 5. The van der Waals surface area contributed by atoms with Gasteiger partial charge in [0, 0.05) is 6.04 Å². The van der Waals surface area contributed by atoms with E-state index in [1.54, 1.807) is 0 Å². The van der Waals surface area contributed by atoms with Crippen molar-refractivity contribution >= 4 is 17.5 Å². The third kappa shape index (κ3) is 3.99. The Hall–Kier alpha value is -1.02. The lowest BCUT2D eigenvalue weighted by atomic mass is 9.83. The van der Waals surface area contributed by atoms with Crippen LogP contribution in [-0.2, 0) is 4.79 Å². The Balaban J connectivity index is 1.94.